The second-order valence-electron chi connectivity index (χ2n) is 4.32. The lowest BCUT2D eigenvalue weighted by Gasteiger charge is -2.22. The summed E-state index contributed by atoms with van der Waals surface area (Å²) in [5.41, 5.74) is -0.0793. The Hall–Kier alpha value is -1.36. The minimum atomic E-state index is -0.470. The Balaban J connectivity index is 2.78. The number of nitrogens with one attached hydrogen (secondary N) is 1. The van der Waals surface area contributed by atoms with E-state index in [1.807, 2.05) is 20.1 Å². The fraction of sp³-hybridized carbons (Fsp3) is 0.417. The van der Waals surface area contributed by atoms with Gasteiger partial charge in [-0.2, -0.15) is 11.8 Å². The minimum absolute atomic E-state index is 0.0793. The van der Waals surface area contributed by atoms with Crippen molar-refractivity contribution in [2.45, 2.75) is 18.6 Å². The van der Waals surface area contributed by atoms with E-state index in [2.05, 4.69) is 5.32 Å². The normalized spacial score (nSPS) is 11.2. The van der Waals surface area contributed by atoms with Crippen LogP contribution in [-0.4, -0.2) is 33.7 Å². The lowest BCUT2D eigenvalue weighted by atomic mass is 10.1. The predicted octanol–water partition coefficient (Wildman–Crippen LogP) is 1.97. The van der Waals surface area contributed by atoms with Gasteiger partial charge in [0.05, 0.1) is 0 Å². The van der Waals surface area contributed by atoms with E-state index >= 15 is 0 Å². The summed E-state index contributed by atoms with van der Waals surface area (Å²) in [6.07, 6.45) is 1.96. The van der Waals surface area contributed by atoms with Crippen LogP contribution in [0, 0.1) is 0 Å². The van der Waals surface area contributed by atoms with Gasteiger partial charge in [-0.3, -0.25) is 4.79 Å². The second-order valence-corrected chi connectivity index (χ2v) is 5.83. The molecule has 0 saturated heterocycles. The average Bonchev–Trinajstić information content (AvgIpc) is 2.26. The molecule has 1 amide bonds. The molecule has 1 rings (SSSR count). The van der Waals surface area contributed by atoms with Gasteiger partial charge in [-0.1, -0.05) is 6.07 Å². The van der Waals surface area contributed by atoms with Crippen LogP contribution in [-0.2, 0) is 0 Å². The smallest absolute Gasteiger partial charge is 0.258 e. The summed E-state index contributed by atoms with van der Waals surface area (Å²) in [6.45, 7) is 4.46. The Morgan fingerprint density at radius 2 is 1.88 bits per heavy atom. The highest BCUT2D eigenvalue weighted by molar-refractivity contribution is 7.99. The maximum atomic E-state index is 11.8. The van der Waals surface area contributed by atoms with Crippen molar-refractivity contribution < 1.29 is 15.0 Å². The third-order valence-corrected chi connectivity index (χ3v) is 3.72. The van der Waals surface area contributed by atoms with Gasteiger partial charge in [-0.15, -0.1) is 0 Å². The number of benzene rings is 1. The number of thioether (sulfide) groups is 1. The molecule has 0 radical (unpaired) electrons. The maximum Gasteiger partial charge on any atom is 0.258 e. The molecule has 0 saturated carbocycles. The molecule has 94 valence electrons. The largest absolute Gasteiger partial charge is 0.507 e. The standard InChI is InChI=1S/C12H17NO3S/c1-12(2,17-3)7-13-11(16)10-8(14)5-4-6-9(10)15/h4-6,14-15H,7H2,1-3H3,(H,13,16). The number of rotatable bonds is 4. The van der Waals surface area contributed by atoms with E-state index in [4.69, 9.17) is 0 Å². The summed E-state index contributed by atoms with van der Waals surface area (Å²) < 4.78 is -0.0876. The number of amides is 1. The van der Waals surface area contributed by atoms with Gasteiger partial charge in [0.25, 0.3) is 5.91 Å². The molecule has 0 bridgehead atoms. The van der Waals surface area contributed by atoms with Gasteiger partial charge in [0.15, 0.2) is 0 Å². The Kier molecular flexibility index (Phi) is 4.28. The number of hydrogen-bond acceptors (Lipinski definition) is 4. The molecule has 0 aromatic heterocycles. The molecular formula is C12H17NO3S. The molecule has 5 heteroatoms. The molecule has 17 heavy (non-hydrogen) atoms. The number of phenols is 2. The zero-order valence-electron chi connectivity index (χ0n) is 10.2. The Bertz CT molecular complexity index is 398. The topological polar surface area (TPSA) is 69.6 Å². The first-order valence-corrected chi connectivity index (χ1v) is 6.44. The third-order valence-electron chi connectivity index (χ3n) is 2.47. The van der Waals surface area contributed by atoms with Crippen LogP contribution >= 0.6 is 11.8 Å². The van der Waals surface area contributed by atoms with Gasteiger partial charge in [0, 0.05) is 11.3 Å². The summed E-state index contributed by atoms with van der Waals surface area (Å²) in [5, 5.41) is 21.7. The zero-order valence-corrected chi connectivity index (χ0v) is 11.0. The highest BCUT2D eigenvalue weighted by atomic mass is 32.2. The van der Waals surface area contributed by atoms with Gasteiger partial charge in [-0.05, 0) is 32.2 Å². The van der Waals surface area contributed by atoms with Gasteiger partial charge in [0.1, 0.15) is 17.1 Å². The first-order valence-electron chi connectivity index (χ1n) is 5.21. The molecule has 0 spiro atoms. The number of phenolic OH excluding ortho intramolecular Hbond substituents is 2. The molecule has 4 nitrogen and oxygen atoms in total. The molecule has 0 fully saturated rings. The first-order chi connectivity index (χ1) is 7.87. The van der Waals surface area contributed by atoms with E-state index in [1.165, 1.54) is 18.2 Å². The number of hydrogen-bond donors (Lipinski definition) is 3. The molecular weight excluding hydrogens is 238 g/mol. The van der Waals surface area contributed by atoms with E-state index in [9.17, 15) is 15.0 Å². The summed E-state index contributed by atoms with van der Waals surface area (Å²) in [7, 11) is 0. The number of aromatic hydroxyl groups is 2. The zero-order chi connectivity index (χ0) is 13.1. The summed E-state index contributed by atoms with van der Waals surface area (Å²) in [5.74, 6) is -0.906. The van der Waals surface area contributed by atoms with Crippen molar-refractivity contribution in [1.82, 2.24) is 5.32 Å². The van der Waals surface area contributed by atoms with Gasteiger partial charge < -0.3 is 15.5 Å². The monoisotopic (exact) mass is 255 g/mol. The molecule has 0 aliphatic carbocycles. The van der Waals surface area contributed by atoms with Crippen molar-refractivity contribution in [2.24, 2.45) is 0 Å². The molecule has 0 aliphatic rings. The second kappa shape index (κ2) is 5.31. The van der Waals surface area contributed by atoms with Gasteiger partial charge >= 0.3 is 0 Å². The fourth-order valence-electron chi connectivity index (χ4n) is 1.21. The van der Waals surface area contributed by atoms with Crippen LogP contribution in [0.15, 0.2) is 18.2 Å². The third kappa shape index (κ3) is 3.56. The van der Waals surface area contributed by atoms with Crippen molar-refractivity contribution in [2.75, 3.05) is 12.8 Å². The Morgan fingerprint density at radius 1 is 1.35 bits per heavy atom. The first kappa shape index (κ1) is 13.7. The molecule has 3 N–H and O–H groups in total. The van der Waals surface area contributed by atoms with Crippen molar-refractivity contribution in [3.63, 3.8) is 0 Å². The molecule has 1 aromatic rings. The van der Waals surface area contributed by atoms with E-state index in [-0.39, 0.29) is 21.8 Å². The Morgan fingerprint density at radius 3 is 2.35 bits per heavy atom. The molecule has 0 aliphatic heterocycles. The van der Waals surface area contributed by atoms with Crippen molar-refractivity contribution in [1.29, 1.82) is 0 Å². The van der Waals surface area contributed by atoms with Crippen LogP contribution in [0.4, 0.5) is 0 Å². The average molecular weight is 255 g/mol. The van der Waals surface area contributed by atoms with Crippen LogP contribution in [0.5, 0.6) is 11.5 Å². The minimum Gasteiger partial charge on any atom is -0.507 e. The lowest BCUT2D eigenvalue weighted by Crippen LogP contribution is -2.36. The highest BCUT2D eigenvalue weighted by Crippen LogP contribution is 2.26. The SMILES string of the molecule is CSC(C)(C)CNC(=O)c1c(O)cccc1O. The lowest BCUT2D eigenvalue weighted by molar-refractivity contribution is 0.0945. The molecule has 0 atom stereocenters. The maximum absolute atomic E-state index is 11.8. The quantitative estimate of drug-likeness (QED) is 0.769. The van der Waals surface area contributed by atoms with Crippen molar-refractivity contribution in [3.05, 3.63) is 23.8 Å². The van der Waals surface area contributed by atoms with E-state index in [0.29, 0.717) is 6.54 Å². The summed E-state index contributed by atoms with van der Waals surface area (Å²) in [4.78, 5) is 11.8. The Labute approximate surface area is 105 Å². The summed E-state index contributed by atoms with van der Waals surface area (Å²) in [6, 6.07) is 4.22. The molecule has 0 heterocycles. The van der Waals surface area contributed by atoms with E-state index < -0.39 is 5.91 Å². The van der Waals surface area contributed by atoms with Crippen LogP contribution in [0.2, 0.25) is 0 Å². The van der Waals surface area contributed by atoms with Crippen LogP contribution in [0.25, 0.3) is 0 Å². The predicted molar refractivity (Wildman–Crippen MR) is 69.7 cm³/mol. The van der Waals surface area contributed by atoms with Crippen LogP contribution in [0.3, 0.4) is 0 Å². The van der Waals surface area contributed by atoms with Crippen molar-refractivity contribution >= 4 is 17.7 Å². The highest BCUT2D eigenvalue weighted by Gasteiger charge is 2.20. The summed E-state index contributed by atoms with van der Waals surface area (Å²) >= 11 is 1.63. The van der Waals surface area contributed by atoms with Gasteiger partial charge in [-0.25, -0.2) is 0 Å². The molecule has 1 aromatic carbocycles. The van der Waals surface area contributed by atoms with Gasteiger partial charge in [0.2, 0.25) is 0 Å². The number of carbonyl (C=O) groups is 1. The molecule has 0 unspecified atom stereocenters. The van der Waals surface area contributed by atoms with E-state index in [1.54, 1.807) is 11.8 Å². The van der Waals surface area contributed by atoms with Crippen LogP contribution in [0.1, 0.15) is 24.2 Å². The van der Waals surface area contributed by atoms with E-state index in [0.717, 1.165) is 0 Å². The van der Waals surface area contributed by atoms with Crippen molar-refractivity contribution in [3.8, 4) is 11.5 Å². The van der Waals surface area contributed by atoms with Crippen LogP contribution < -0.4 is 5.32 Å². The number of carbonyl (C=O) groups excluding carboxylic acids is 1. The fourth-order valence-corrected chi connectivity index (χ4v) is 1.43.